The summed E-state index contributed by atoms with van der Waals surface area (Å²) in [7, 11) is 1.98. The molecule has 2 rings (SSSR count). The fraction of sp³-hybridized carbons (Fsp3) is 0.947. The fourth-order valence-corrected chi connectivity index (χ4v) is 5.02. The molecule has 2 fully saturated rings. The molecule has 158 valence electrons. The molecule has 7 nitrogen and oxygen atoms in total. The zero-order valence-electron chi connectivity index (χ0n) is 16.9. The number of nitrogens with zero attached hydrogens (tertiary/aromatic N) is 1. The van der Waals surface area contributed by atoms with Crippen molar-refractivity contribution >= 4 is 17.7 Å². The Kier molecular flexibility index (Phi) is 8.83. The maximum atomic E-state index is 12.9. The van der Waals surface area contributed by atoms with Gasteiger partial charge in [-0.1, -0.05) is 26.7 Å². The van der Waals surface area contributed by atoms with Crippen LogP contribution in [0.4, 0.5) is 0 Å². The van der Waals surface area contributed by atoms with E-state index in [2.05, 4.69) is 17.1 Å². The van der Waals surface area contributed by atoms with Crippen LogP contribution in [-0.2, 0) is 9.53 Å². The predicted molar refractivity (Wildman–Crippen MR) is 106 cm³/mol. The highest BCUT2D eigenvalue weighted by Crippen LogP contribution is 2.30. The predicted octanol–water partition coefficient (Wildman–Crippen LogP) is 0.562. The van der Waals surface area contributed by atoms with Gasteiger partial charge in [-0.15, -0.1) is 11.8 Å². The first kappa shape index (κ1) is 22.9. The normalized spacial score (nSPS) is 38.7. The highest BCUT2D eigenvalue weighted by atomic mass is 32.2. The molecule has 4 N–H and O–H groups in total. The number of nitrogens with one attached hydrogen (secondary N) is 1. The lowest BCUT2D eigenvalue weighted by molar-refractivity contribution is -0.205. The lowest BCUT2D eigenvalue weighted by Crippen LogP contribution is -2.63. The summed E-state index contributed by atoms with van der Waals surface area (Å²) in [4.78, 5) is 15.0. The van der Waals surface area contributed by atoms with Crippen molar-refractivity contribution in [3.63, 3.8) is 0 Å². The molecule has 0 aromatic heterocycles. The number of likely N-dealkylation sites (N-methyl/N-ethyl adjacent to an activating group) is 1. The number of likely N-dealkylation sites (tertiary alicyclic amines) is 1. The van der Waals surface area contributed by atoms with Crippen molar-refractivity contribution in [2.24, 2.45) is 5.92 Å². The molecular formula is C19H36N2O5S. The van der Waals surface area contributed by atoms with Crippen LogP contribution in [0.2, 0.25) is 0 Å². The van der Waals surface area contributed by atoms with Crippen LogP contribution in [0, 0.1) is 5.92 Å². The van der Waals surface area contributed by atoms with Gasteiger partial charge in [0.15, 0.2) is 0 Å². The second-order valence-electron chi connectivity index (χ2n) is 7.93. The maximum Gasteiger partial charge on any atom is 0.237 e. The van der Waals surface area contributed by atoms with Gasteiger partial charge in [-0.25, -0.2) is 0 Å². The molecule has 0 spiro atoms. The van der Waals surface area contributed by atoms with Crippen molar-refractivity contribution in [1.29, 1.82) is 0 Å². The van der Waals surface area contributed by atoms with E-state index >= 15 is 0 Å². The Morgan fingerprint density at radius 1 is 1.22 bits per heavy atom. The van der Waals surface area contributed by atoms with Crippen LogP contribution >= 0.6 is 11.8 Å². The number of thioether (sulfide) groups is 1. The van der Waals surface area contributed by atoms with E-state index in [9.17, 15) is 20.1 Å². The molecule has 8 atom stereocenters. The Hall–Kier alpha value is -0.380. The Morgan fingerprint density at radius 3 is 2.52 bits per heavy atom. The van der Waals surface area contributed by atoms with Gasteiger partial charge in [0.1, 0.15) is 29.9 Å². The van der Waals surface area contributed by atoms with Gasteiger partial charge in [0.25, 0.3) is 0 Å². The van der Waals surface area contributed by atoms with Gasteiger partial charge in [-0.3, -0.25) is 9.69 Å². The molecular weight excluding hydrogens is 368 g/mol. The van der Waals surface area contributed by atoms with Gasteiger partial charge in [0, 0.05) is 6.54 Å². The minimum atomic E-state index is -1.29. The second-order valence-corrected chi connectivity index (χ2v) is 8.86. The molecule has 0 aromatic carbocycles. The monoisotopic (exact) mass is 404 g/mol. The number of hydrogen-bond donors (Lipinski definition) is 4. The van der Waals surface area contributed by atoms with Crippen molar-refractivity contribution in [2.45, 2.75) is 87.9 Å². The molecule has 0 saturated carbocycles. The van der Waals surface area contributed by atoms with Crippen LogP contribution in [0.3, 0.4) is 0 Å². The number of aliphatic hydroxyl groups excluding tert-OH is 3. The van der Waals surface area contributed by atoms with Crippen molar-refractivity contribution in [1.82, 2.24) is 10.2 Å². The summed E-state index contributed by atoms with van der Waals surface area (Å²) in [6, 6.07) is -0.582. The lowest BCUT2D eigenvalue weighted by Gasteiger charge is -2.43. The largest absolute Gasteiger partial charge is 0.388 e. The van der Waals surface area contributed by atoms with E-state index in [-0.39, 0.29) is 11.9 Å². The first-order valence-electron chi connectivity index (χ1n) is 10.1. The van der Waals surface area contributed by atoms with Gasteiger partial charge in [0.05, 0.1) is 12.1 Å². The fourth-order valence-electron chi connectivity index (χ4n) is 4.34. The molecule has 8 heteroatoms. The molecule has 2 saturated heterocycles. The molecule has 2 aliphatic rings. The Balaban J connectivity index is 2.07. The summed E-state index contributed by atoms with van der Waals surface area (Å²) >= 11 is 1.28. The number of hydrogen-bond acceptors (Lipinski definition) is 7. The van der Waals surface area contributed by atoms with Crippen LogP contribution in [0.15, 0.2) is 0 Å². The Labute approximate surface area is 166 Å². The third-order valence-corrected chi connectivity index (χ3v) is 6.65. The van der Waals surface area contributed by atoms with Gasteiger partial charge < -0.3 is 25.4 Å². The average molecular weight is 405 g/mol. The zero-order chi connectivity index (χ0) is 20.1. The first-order chi connectivity index (χ1) is 12.8. The molecule has 1 amide bonds. The molecule has 3 unspecified atom stereocenters. The second kappa shape index (κ2) is 10.4. The summed E-state index contributed by atoms with van der Waals surface area (Å²) in [6.07, 6.45) is 1.87. The molecule has 27 heavy (non-hydrogen) atoms. The van der Waals surface area contributed by atoms with Crippen LogP contribution in [0.1, 0.15) is 46.0 Å². The SMILES string of the molecule is CCCC1CC(C(=O)NC(CCC)[C@H]2O[C@H](SC)[C@H](O)[C@@H](O)[C@H]2O)N(C)C1. The van der Waals surface area contributed by atoms with E-state index in [1.54, 1.807) is 6.26 Å². The molecule has 2 aliphatic heterocycles. The maximum absolute atomic E-state index is 12.9. The topological polar surface area (TPSA) is 102 Å². The summed E-state index contributed by atoms with van der Waals surface area (Å²) < 4.78 is 5.87. The van der Waals surface area contributed by atoms with Crippen molar-refractivity contribution < 1.29 is 24.9 Å². The highest BCUT2D eigenvalue weighted by molar-refractivity contribution is 7.99. The number of ether oxygens (including phenoxy) is 1. The first-order valence-corrected chi connectivity index (χ1v) is 11.4. The summed E-state index contributed by atoms with van der Waals surface area (Å²) in [6.45, 7) is 5.09. The average Bonchev–Trinajstić information content (AvgIpc) is 3.00. The van der Waals surface area contributed by atoms with Crippen molar-refractivity contribution in [3.05, 3.63) is 0 Å². The van der Waals surface area contributed by atoms with Crippen molar-refractivity contribution in [3.8, 4) is 0 Å². The molecule has 0 bridgehead atoms. The van der Waals surface area contributed by atoms with E-state index in [1.807, 2.05) is 14.0 Å². The van der Waals surface area contributed by atoms with E-state index in [1.165, 1.54) is 11.8 Å². The standard InChI is InChI=1S/C19H36N2O5S/c1-5-7-11-9-13(21(3)10-11)18(25)20-12(8-6-2)17-15(23)14(22)16(24)19(26-17)27-4/h11-17,19,22-24H,5-10H2,1-4H3,(H,20,25)/t11?,12?,13?,14-,15+,16+,17+,19+/m0/s1. The van der Waals surface area contributed by atoms with Crippen LogP contribution in [-0.4, -0.2) is 87.9 Å². The highest BCUT2D eigenvalue weighted by Gasteiger charge is 2.47. The Morgan fingerprint density at radius 2 is 1.93 bits per heavy atom. The number of aliphatic hydroxyl groups is 3. The minimum absolute atomic E-state index is 0.0494. The lowest BCUT2D eigenvalue weighted by atomic mass is 9.92. The van der Waals surface area contributed by atoms with E-state index in [0.29, 0.717) is 12.3 Å². The third kappa shape index (κ3) is 5.36. The van der Waals surface area contributed by atoms with Gasteiger partial charge >= 0.3 is 0 Å². The van der Waals surface area contributed by atoms with E-state index in [0.717, 1.165) is 32.2 Å². The molecule has 0 aliphatic carbocycles. The Bertz CT molecular complexity index is 481. The summed E-state index contributed by atoms with van der Waals surface area (Å²) in [5.41, 5.74) is -0.632. The molecule has 0 radical (unpaired) electrons. The summed E-state index contributed by atoms with van der Waals surface area (Å²) in [5, 5.41) is 33.8. The smallest absolute Gasteiger partial charge is 0.237 e. The van der Waals surface area contributed by atoms with Crippen molar-refractivity contribution in [2.75, 3.05) is 19.8 Å². The quantitative estimate of drug-likeness (QED) is 0.469. The van der Waals surface area contributed by atoms with Gasteiger partial charge in [0.2, 0.25) is 5.91 Å². The zero-order valence-corrected chi connectivity index (χ0v) is 17.7. The van der Waals surface area contributed by atoms with E-state index < -0.39 is 35.9 Å². The van der Waals surface area contributed by atoms with Crippen LogP contribution < -0.4 is 5.32 Å². The molecule has 0 aromatic rings. The van der Waals surface area contributed by atoms with E-state index in [4.69, 9.17) is 4.74 Å². The van der Waals surface area contributed by atoms with Gasteiger partial charge in [-0.05, 0) is 38.5 Å². The minimum Gasteiger partial charge on any atom is -0.388 e. The van der Waals surface area contributed by atoms with Crippen LogP contribution in [0.5, 0.6) is 0 Å². The number of carbonyl (C=O) groups excluding carboxylic acids is 1. The molecule has 2 heterocycles. The van der Waals surface area contributed by atoms with Gasteiger partial charge in [-0.2, -0.15) is 0 Å². The number of rotatable bonds is 8. The number of amides is 1. The summed E-state index contributed by atoms with van der Waals surface area (Å²) in [5.74, 6) is 0.487. The number of carbonyl (C=O) groups is 1. The van der Waals surface area contributed by atoms with Crippen LogP contribution in [0.25, 0.3) is 0 Å². The third-order valence-electron chi connectivity index (χ3n) is 5.80.